The first-order chi connectivity index (χ1) is 5.26. The molecule has 0 radical (unpaired) electrons. The van der Waals surface area contributed by atoms with E-state index < -0.39 is 0 Å². The Balaban J connectivity index is 3.65. The standard InChI is InChI=1S/C8H15I2N/c1-3-7(5-4-6-9)8(10)11-2/h3,7-8,11H,1,4-6H2,2H3. The summed E-state index contributed by atoms with van der Waals surface area (Å²) in [7, 11) is 2.00. The van der Waals surface area contributed by atoms with Crippen molar-refractivity contribution >= 4 is 45.2 Å². The van der Waals surface area contributed by atoms with Gasteiger partial charge < -0.3 is 5.32 Å². The van der Waals surface area contributed by atoms with E-state index in [1.165, 1.54) is 17.3 Å². The Morgan fingerprint density at radius 3 is 2.64 bits per heavy atom. The summed E-state index contributed by atoms with van der Waals surface area (Å²) >= 11 is 4.84. The average molecular weight is 379 g/mol. The Morgan fingerprint density at radius 2 is 2.27 bits per heavy atom. The SMILES string of the molecule is C=CC(CCCI)C(I)NC. The highest BCUT2D eigenvalue weighted by atomic mass is 127. The molecule has 3 heteroatoms. The number of halogens is 2. The summed E-state index contributed by atoms with van der Waals surface area (Å²) < 4.78 is 1.78. The Bertz CT molecular complexity index is 106. The van der Waals surface area contributed by atoms with E-state index in [-0.39, 0.29) is 0 Å². The van der Waals surface area contributed by atoms with Crippen molar-refractivity contribution in [3.05, 3.63) is 12.7 Å². The summed E-state index contributed by atoms with van der Waals surface area (Å²) in [6, 6.07) is 0. The van der Waals surface area contributed by atoms with Crippen LogP contribution in [0.3, 0.4) is 0 Å². The van der Waals surface area contributed by atoms with Crippen LogP contribution in [-0.2, 0) is 0 Å². The molecule has 0 aromatic carbocycles. The minimum absolute atomic E-state index is 0.535. The van der Waals surface area contributed by atoms with Gasteiger partial charge in [0.15, 0.2) is 0 Å². The van der Waals surface area contributed by atoms with Gasteiger partial charge in [-0.1, -0.05) is 51.3 Å². The Hall–Kier alpha value is 1.16. The normalized spacial score (nSPS) is 15.9. The van der Waals surface area contributed by atoms with Gasteiger partial charge in [-0.25, -0.2) is 0 Å². The third-order valence-corrected chi connectivity index (χ3v) is 3.93. The van der Waals surface area contributed by atoms with E-state index in [9.17, 15) is 0 Å². The fourth-order valence-electron chi connectivity index (χ4n) is 0.911. The third kappa shape index (κ3) is 5.41. The van der Waals surface area contributed by atoms with Crippen LogP contribution in [0.25, 0.3) is 0 Å². The summed E-state index contributed by atoms with van der Waals surface area (Å²) in [5, 5.41) is 3.24. The molecule has 0 aliphatic heterocycles. The van der Waals surface area contributed by atoms with E-state index in [0.29, 0.717) is 9.97 Å². The maximum atomic E-state index is 3.84. The molecule has 1 nitrogen and oxygen atoms in total. The number of nitrogens with one attached hydrogen (secondary N) is 1. The second-order valence-electron chi connectivity index (χ2n) is 2.42. The van der Waals surface area contributed by atoms with Crippen LogP contribution >= 0.6 is 45.2 Å². The van der Waals surface area contributed by atoms with Crippen molar-refractivity contribution in [2.75, 3.05) is 11.5 Å². The molecule has 0 aliphatic carbocycles. The van der Waals surface area contributed by atoms with Crippen molar-refractivity contribution in [1.82, 2.24) is 5.32 Å². The van der Waals surface area contributed by atoms with Gasteiger partial charge in [0.05, 0.1) is 4.05 Å². The molecular weight excluding hydrogens is 364 g/mol. The van der Waals surface area contributed by atoms with E-state index in [1.807, 2.05) is 7.05 Å². The van der Waals surface area contributed by atoms with Gasteiger partial charge in [0.1, 0.15) is 0 Å². The first-order valence-corrected chi connectivity index (χ1v) is 6.53. The van der Waals surface area contributed by atoms with Crippen LogP contribution in [0.1, 0.15) is 12.8 Å². The van der Waals surface area contributed by atoms with Crippen LogP contribution in [0.5, 0.6) is 0 Å². The van der Waals surface area contributed by atoms with Gasteiger partial charge in [-0.3, -0.25) is 0 Å². The number of hydrogen-bond acceptors (Lipinski definition) is 1. The molecule has 0 rings (SSSR count). The predicted molar refractivity (Wildman–Crippen MR) is 68.7 cm³/mol. The van der Waals surface area contributed by atoms with Crippen LogP contribution in [0.15, 0.2) is 12.7 Å². The number of rotatable bonds is 6. The fraction of sp³-hybridized carbons (Fsp3) is 0.750. The lowest BCUT2D eigenvalue weighted by Gasteiger charge is -2.17. The maximum absolute atomic E-state index is 3.84. The average Bonchev–Trinajstić information content (AvgIpc) is 2.05. The van der Waals surface area contributed by atoms with Crippen molar-refractivity contribution < 1.29 is 0 Å². The van der Waals surface area contributed by atoms with Crippen molar-refractivity contribution in [1.29, 1.82) is 0 Å². The van der Waals surface area contributed by atoms with E-state index in [1.54, 1.807) is 0 Å². The van der Waals surface area contributed by atoms with Crippen LogP contribution < -0.4 is 5.32 Å². The highest BCUT2D eigenvalue weighted by Gasteiger charge is 2.11. The molecule has 2 unspecified atom stereocenters. The molecule has 2 atom stereocenters. The van der Waals surface area contributed by atoms with E-state index in [2.05, 4.69) is 63.2 Å². The van der Waals surface area contributed by atoms with Gasteiger partial charge in [0.25, 0.3) is 0 Å². The molecule has 0 aromatic rings. The lowest BCUT2D eigenvalue weighted by atomic mass is 10.0. The molecule has 0 spiro atoms. The molecule has 0 bridgehead atoms. The first-order valence-electron chi connectivity index (χ1n) is 3.76. The minimum Gasteiger partial charge on any atom is -0.308 e. The van der Waals surface area contributed by atoms with Crippen LogP contribution in [-0.4, -0.2) is 15.5 Å². The van der Waals surface area contributed by atoms with E-state index in [0.717, 1.165) is 0 Å². The van der Waals surface area contributed by atoms with Crippen LogP contribution in [0, 0.1) is 5.92 Å². The summed E-state index contributed by atoms with van der Waals surface area (Å²) in [6.07, 6.45) is 4.60. The zero-order valence-electron chi connectivity index (χ0n) is 6.82. The molecule has 1 N–H and O–H groups in total. The van der Waals surface area contributed by atoms with Crippen molar-refractivity contribution in [3.63, 3.8) is 0 Å². The molecule has 0 aromatic heterocycles. The molecular formula is C8H15I2N. The van der Waals surface area contributed by atoms with Crippen LogP contribution in [0.2, 0.25) is 0 Å². The number of alkyl halides is 2. The summed E-state index contributed by atoms with van der Waals surface area (Å²) in [5.41, 5.74) is 0. The molecule has 0 amide bonds. The van der Waals surface area contributed by atoms with Gasteiger partial charge in [-0.2, -0.15) is 0 Å². The highest BCUT2D eigenvalue weighted by molar-refractivity contribution is 14.1. The second-order valence-corrected chi connectivity index (χ2v) is 4.84. The zero-order valence-corrected chi connectivity index (χ0v) is 11.1. The fourth-order valence-corrected chi connectivity index (χ4v) is 2.00. The summed E-state index contributed by atoms with van der Waals surface area (Å²) in [4.78, 5) is 0. The largest absolute Gasteiger partial charge is 0.308 e. The first kappa shape index (κ1) is 12.2. The van der Waals surface area contributed by atoms with E-state index >= 15 is 0 Å². The zero-order chi connectivity index (χ0) is 8.69. The smallest absolute Gasteiger partial charge is 0.0654 e. The van der Waals surface area contributed by atoms with Crippen molar-refractivity contribution in [2.45, 2.75) is 16.9 Å². The Labute approximate surface area is 96.7 Å². The summed E-state index contributed by atoms with van der Waals surface area (Å²) in [5.74, 6) is 0.621. The maximum Gasteiger partial charge on any atom is 0.0654 e. The molecule has 0 saturated heterocycles. The lowest BCUT2D eigenvalue weighted by molar-refractivity contribution is 0.534. The second kappa shape index (κ2) is 7.79. The Kier molecular flexibility index (Phi) is 8.61. The van der Waals surface area contributed by atoms with Gasteiger partial charge in [-0.05, 0) is 24.3 Å². The van der Waals surface area contributed by atoms with Gasteiger partial charge in [0, 0.05) is 5.92 Å². The molecule has 0 fully saturated rings. The summed E-state index contributed by atoms with van der Waals surface area (Å²) in [6.45, 7) is 3.84. The highest BCUT2D eigenvalue weighted by Crippen LogP contribution is 2.18. The lowest BCUT2D eigenvalue weighted by Crippen LogP contribution is -2.26. The topological polar surface area (TPSA) is 12.0 Å². The quantitative estimate of drug-likeness (QED) is 0.324. The van der Waals surface area contributed by atoms with E-state index in [4.69, 9.17) is 0 Å². The van der Waals surface area contributed by atoms with Gasteiger partial charge >= 0.3 is 0 Å². The predicted octanol–water partition coefficient (Wildman–Crippen LogP) is 2.98. The van der Waals surface area contributed by atoms with Gasteiger partial charge in [-0.15, -0.1) is 6.58 Å². The molecule has 0 aliphatic rings. The number of hydrogen-bond donors (Lipinski definition) is 1. The molecule has 0 saturated carbocycles. The van der Waals surface area contributed by atoms with Crippen LogP contribution in [0.4, 0.5) is 0 Å². The van der Waals surface area contributed by atoms with Gasteiger partial charge in [0.2, 0.25) is 0 Å². The molecule has 0 heterocycles. The third-order valence-electron chi connectivity index (χ3n) is 1.63. The van der Waals surface area contributed by atoms with Crippen molar-refractivity contribution in [2.24, 2.45) is 5.92 Å². The molecule has 66 valence electrons. The Morgan fingerprint density at radius 1 is 1.64 bits per heavy atom. The molecule has 11 heavy (non-hydrogen) atoms. The van der Waals surface area contributed by atoms with Crippen molar-refractivity contribution in [3.8, 4) is 0 Å². The monoisotopic (exact) mass is 379 g/mol. The minimum atomic E-state index is 0.535.